The Bertz CT molecular complexity index is 1020. The number of esters is 1. The van der Waals surface area contributed by atoms with Crippen molar-refractivity contribution >= 4 is 23.8 Å². The van der Waals surface area contributed by atoms with Gasteiger partial charge in [0.2, 0.25) is 0 Å². The number of amides is 2. The smallest absolute Gasteiger partial charge is 0.435 e. The van der Waals surface area contributed by atoms with E-state index in [-0.39, 0.29) is 30.2 Å². The van der Waals surface area contributed by atoms with Gasteiger partial charge in [0.1, 0.15) is 5.84 Å². The van der Waals surface area contributed by atoms with Gasteiger partial charge in [0.25, 0.3) is 5.91 Å². The Hall–Kier alpha value is -3.68. The molecule has 0 aliphatic carbocycles. The van der Waals surface area contributed by atoms with Crippen LogP contribution in [0, 0.1) is 5.92 Å². The lowest BCUT2D eigenvalue weighted by Gasteiger charge is -2.31. The van der Waals surface area contributed by atoms with E-state index < -0.39 is 6.09 Å². The molecule has 1 fully saturated rings. The first-order chi connectivity index (χ1) is 16.4. The average Bonchev–Trinajstić information content (AvgIpc) is 2.84. The molecular formula is C26H31N3O5. The SMILES string of the molecule is CCOC(=O)CC1CCN(C(=O)c2ccc(-c3ccc(C(N)=NC(=O)OCC)cc3)cc2)CC1. The van der Waals surface area contributed by atoms with E-state index in [0.717, 1.165) is 24.0 Å². The number of piperidine rings is 1. The molecule has 2 amide bonds. The summed E-state index contributed by atoms with van der Waals surface area (Å²) in [5, 5.41) is 0. The van der Waals surface area contributed by atoms with Crippen LogP contribution in [0.15, 0.2) is 53.5 Å². The van der Waals surface area contributed by atoms with Crippen LogP contribution in [0.3, 0.4) is 0 Å². The molecular weight excluding hydrogens is 434 g/mol. The van der Waals surface area contributed by atoms with Gasteiger partial charge in [-0.05, 0) is 55.9 Å². The first kappa shape index (κ1) is 25.0. The minimum Gasteiger partial charge on any atom is -0.466 e. The molecule has 1 heterocycles. The van der Waals surface area contributed by atoms with Crippen LogP contribution in [-0.4, -0.2) is 55.0 Å². The van der Waals surface area contributed by atoms with Crippen molar-refractivity contribution in [2.24, 2.45) is 16.6 Å². The van der Waals surface area contributed by atoms with Crippen LogP contribution in [-0.2, 0) is 14.3 Å². The monoisotopic (exact) mass is 465 g/mol. The highest BCUT2D eigenvalue weighted by Crippen LogP contribution is 2.24. The number of amidine groups is 1. The second kappa shape index (κ2) is 12.0. The minimum absolute atomic E-state index is 0.000525. The Morgan fingerprint density at radius 2 is 1.41 bits per heavy atom. The van der Waals surface area contributed by atoms with E-state index in [1.54, 1.807) is 26.0 Å². The Morgan fingerprint density at radius 1 is 0.882 bits per heavy atom. The van der Waals surface area contributed by atoms with Crippen molar-refractivity contribution in [2.75, 3.05) is 26.3 Å². The number of likely N-dealkylation sites (tertiary alicyclic amines) is 1. The molecule has 0 saturated carbocycles. The molecule has 2 aromatic rings. The molecule has 8 nitrogen and oxygen atoms in total. The van der Waals surface area contributed by atoms with Gasteiger partial charge in [-0.2, -0.15) is 4.99 Å². The summed E-state index contributed by atoms with van der Waals surface area (Å²) < 4.78 is 9.80. The summed E-state index contributed by atoms with van der Waals surface area (Å²) in [6.45, 7) is 5.42. The van der Waals surface area contributed by atoms with Crippen LogP contribution < -0.4 is 5.73 Å². The van der Waals surface area contributed by atoms with E-state index >= 15 is 0 Å². The van der Waals surface area contributed by atoms with Crippen LogP contribution in [0.5, 0.6) is 0 Å². The maximum Gasteiger partial charge on any atom is 0.435 e. The van der Waals surface area contributed by atoms with Gasteiger partial charge in [-0.1, -0.05) is 36.4 Å². The van der Waals surface area contributed by atoms with Crippen molar-refractivity contribution in [1.82, 2.24) is 4.90 Å². The van der Waals surface area contributed by atoms with Gasteiger partial charge in [0.05, 0.1) is 13.2 Å². The van der Waals surface area contributed by atoms with Gasteiger partial charge < -0.3 is 20.1 Å². The molecule has 0 unspecified atom stereocenters. The molecule has 180 valence electrons. The fourth-order valence-corrected chi connectivity index (χ4v) is 3.94. The van der Waals surface area contributed by atoms with Crippen LogP contribution >= 0.6 is 0 Å². The highest BCUT2D eigenvalue weighted by atomic mass is 16.5. The lowest BCUT2D eigenvalue weighted by Crippen LogP contribution is -2.39. The quantitative estimate of drug-likeness (QED) is 0.376. The summed E-state index contributed by atoms with van der Waals surface area (Å²) >= 11 is 0. The molecule has 3 rings (SSSR count). The third-order valence-electron chi connectivity index (χ3n) is 5.79. The first-order valence-corrected chi connectivity index (χ1v) is 11.6. The Morgan fingerprint density at radius 3 is 1.94 bits per heavy atom. The zero-order valence-electron chi connectivity index (χ0n) is 19.7. The zero-order chi connectivity index (χ0) is 24.5. The Labute approximate surface area is 199 Å². The number of nitrogens with two attached hydrogens (primary N) is 1. The second-order valence-electron chi connectivity index (χ2n) is 8.10. The minimum atomic E-state index is -0.715. The van der Waals surface area contributed by atoms with Gasteiger partial charge in [-0.15, -0.1) is 0 Å². The average molecular weight is 466 g/mol. The van der Waals surface area contributed by atoms with E-state index in [1.807, 2.05) is 41.3 Å². The summed E-state index contributed by atoms with van der Waals surface area (Å²) in [5.74, 6) is 0.200. The summed E-state index contributed by atoms with van der Waals surface area (Å²) in [6.07, 6.45) is 1.31. The number of benzene rings is 2. The molecule has 0 radical (unpaired) electrons. The van der Waals surface area contributed by atoms with Crippen LogP contribution in [0.1, 0.15) is 49.0 Å². The van der Waals surface area contributed by atoms with Crippen molar-refractivity contribution in [2.45, 2.75) is 33.1 Å². The molecule has 2 N–H and O–H groups in total. The number of rotatable bonds is 7. The van der Waals surface area contributed by atoms with Gasteiger partial charge in [0.15, 0.2) is 0 Å². The van der Waals surface area contributed by atoms with E-state index in [9.17, 15) is 14.4 Å². The van der Waals surface area contributed by atoms with E-state index in [2.05, 4.69) is 4.99 Å². The molecule has 2 aromatic carbocycles. The van der Waals surface area contributed by atoms with Gasteiger partial charge >= 0.3 is 12.1 Å². The Balaban J connectivity index is 1.58. The van der Waals surface area contributed by atoms with E-state index in [4.69, 9.17) is 15.2 Å². The molecule has 0 bridgehead atoms. The fraction of sp³-hybridized carbons (Fsp3) is 0.385. The van der Waals surface area contributed by atoms with Crippen molar-refractivity contribution in [3.63, 3.8) is 0 Å². The molecule has 8 heteroatoms. The fourth-order valence-electron chi connectivity index (χ4n) is 3.94. The highest BCUT2D eigenvalue weighted by molar-refractivity contribution is 6.03. The second-order valence-corrected chi connectivity index (χ2v) is 8.10. The maximum atomic E-state index is 12.9. The zero-order valence-corrected chi connectivity index (χ0v) is 19.7. The van der Waals surface area contributed by atoms with E-state index in [0.29, 0.717) is 37.2 Å². The lowest BCUT2D eigenvalue weighted by atomic mass is 9.93. The predicted octanol–water partition coefficient (Wildman–Crippen LogP) is 4.02. The van der Waals surface area contributed by atoms with Gasteiger partial charge in [-0.3, -0.25) is 9.59 Å². The number of carbonyl (C=O) groups excluding carboxylic acids is 3. The van der Waals surface area contributed by atoms with Crippen LogP contribution in [0.25, 0.3) is 11.1 Å². The third-order valence-corrected chi connectivity index (χ3v) is 5.79. The maximum absolute atomic E-state index is 12.9. The van der Waals surface area contributed by atoms with Gasteiger partial charge in [-0.25, -0.2) is 4.79 Å². The standard InChI is InChI=1S/C26H31N3O5/c1-3-33-23(30)17-18-13-15-29(16-14-18)25(31)22-11-7-20(8-12-22)19-5-9-21(10-6-19)24(27)28-26(32)34-4-2/h5-12,18H,3-4,13-17H2,1-2H3,(H2,27,28,32). The number of nitrogens with zero attached hydrogens (tertiary/aromatic N) is 2. The van der Waals surface area contributed by atoms with Crippen molar-refractivity contribution in [1.29, 1.82) is 0 Å². The van der Waals surface area contributed by atoms with Crippen molar-refractivity contribution in [3.8, 4) is 11.1 Å². The number of hydrogen-bond acceptors (Lipinski definition) is 5. The molecule has 0 aromatic heterocycles. The molecule has 1 aliphatic heterocycles. The molecule has 0 atom stereocenters. The summed E-state index contributed by atoms with van der Waals surface area (Å²) in [5.41, 5.74) is 9.03. The number of ether oxygens (including phenoxy) is 2. The van der Waals surface area contributed by atoms with E-state index in [1.165, 1.54) is 0 Å². The topological polar surface area (TPSA) is 111 Å². The van der Waals surface area contributed by atoms with Crippen molar-refractivity contribution < 1.29 is 23.9 Å². The number of carbonyl (C=O) groups is 3. The largest absolute Gasteiger partial charge is 0.466 e. The van der Waals surface area contributed by atoms with Crippen LogP contribution in [0.2, 0.25) is 0 Å². The van der Waals surface area contributed by atoms with Gasteiger partial charge in [0, 0.05) is 30.6 Å². The normalized spacial score (nSPS) is 14.5. The third kappa shape index (κ3) is 6.66. The number of aliphatic imine (C=N–C) groups is 1. The molecule has 1 saturated heterocycles. The van der Waals surface area contributed by atoms with Crippen molar-refractivity contribution in [3.05, 3.63) is 59.7 Å². The molecule has 0 spiro atoms. The van der Waals surface area contributed by atoms with Crippen LogP contribution in [0.4, 0.5) is 4.79 Å². The Kier molecular flexibility index (Phi) is 8.79. The molecule has 1 aliphatic rings. The predicted molar refractivity (Wildman–Crippen MR) is 130 cm³/mol. The summed E-state index contributed by atoms with van der Waals surface area (Å²) in [4.78, 5) is 41.6. The summed E-state index contributed by atoms with van der Waals surface area (Å²) in [7, 11) is 0. The molecule has 34 heavy (non-hydrogen) atoms. The summed E-state index contributed by atoms with van der Waals surface area (Å²) in [6, 6.07) is 14.8. The number of hydrogen-bond donors (Lipinski definition) is 1. The first-order valence-electron chi connectivity index (χ1n) is 11.6. The highest BCUT2D eigenvalue weighted by Gasteiger charge is 2.25. The lowest BCUT2D eigenvalue weighted by molar-refractivity contribution is -0.144.